The van der Waals surface area contributed by atoms with E-state index in [1.165, 1.54) is 65.2 Å². The van der Waals surface area contributed by atoms with E-state index in [0.29, 0.717) is 0 Å². The summed E-state index contributed by atoms with van der Waals surface area (Å²) in [7, 11) is 0. The van der Waals surface area contributed by atoms with Gasteiger partial charge in [0.2, 0.25) is 0 Å². The molecule has 2 nitrogen and oxygen atoms in total. The summed E-state index contributed by atoms with van der Waals surface area (Å²) < 4.78 is 4.82. The third kappa shape index (κ3) is 8.96. The zero-order valence-corrected chi connectivity index (χ0v) is 33.9. The van der Waals surface area contributed by atoms with E-state index in [2.05, 4.69) is 144 Å². The van der Waals surface area contributed by atoms with Crippen LogP contribution in [-0.2, 0) is 13.1 Å². The van der Waals surface area contributed by atoms with Crippen molar-refractivity contribution < 1.29 is 0 Å². The zero-order valence-electron chi connectivity index (χ0n) is 33.9. The van der Waals surface area contributed by atoms with Crippen LogP contribution in [0.2, 0.25) is 0 Å². The second kappa shape index (κ2) is 23.7. The van der Waals surface area contributed by atoms with Crippen LogP contribution in [0.1, 0.15) is 96.9 Å². The fraction of sp³-hybridized carbons (Fsp3) is 0.333. The van der Waals surface area contributed by atoms with Crippen LogP contribution in [0, 0.1) is 0 Å². The molecule has 8 rings (SSSR count). The molecule has 2 aromatic heterocycles. The Balaban J connectivity index is 0.000000386. The number of benzene rings is 6. The summed E-state index contributed by atoms with van der Waals surface area (Å²) in [4.78, 5) is 0. The minimum atomic E-state index is 0.998. The molecule has 0 unspecified atom stereocenters. The third-order valence-corrected chi connectivity index (χ3v) is 7.95. The van der Waals surface area contributed by atoms with E-state index in [4.69, 9.17) is 0 Å². The Hall–Kier alpha value is -4.56. The van der Waals surface area contributed by atoms with Gasteiger partial charge in [0.1, 0.15) is 0 Å². The molecule has 0 atom stereocenters. The lowest BCUT2D eigenvalue weighted by Gasteiger charge is -2.06. The molecular formula is C48H66N2. The average Bonchev–Trinajstić information content (AvgIpc) is 3.75. The quantitative estimate of drug-likeness (QED) is 0.173. The van der Waals surface area contributed by atoms with Gasteiger partial charge in [-0.1, -0.05) is 186 Å². The van der Waals surface area contributed by atoms with Crippen LogP contribution in [0.5, 0.6) is 0 Å². The van der Waals surface area contributed by atoms with Gasteiger partial charge in [0.05, 0.1) is 5.52 Å². The van der Waals surface area contributed by atoms with Crippen molar-refractivity contribution in [2.24, 2.45) is 0 Å². The summed E-state index contributed by atoms with van der Waals surface area (Å²) in [5.74, 6) is 0. The lowest BCUT2D eigenvalue weighted by Crippen LogP contribution is -1.93. The Bertz CT molecular complexity index is 2100. The van der Waals surface area contributed by atoms with Gasteiger partial charge in [-0.3, -0.25) is 0 Å². The maximum atomic E-state index is 2.42. The van der Waals surface area contributed by atoms with Crippen molar-refractivity contribution in [2.75, 3.05) is 0 Å². The third-order valence-electron chi connectivity index (χ3n) is 7.95. The summed E-state index contributed by atoms with van der Waals surface area (Å²) in [5.41, 5.74) is 5.36. The Morgan fingerprint density at radius 2 is 0.720 bits per heavy atom. The molecule has 0 saturated heterocycles. The number of aryl methyl sites for hydroxylation is 2. The fourth-order valence-electron chi connectivity index (χ4n) is 6.31. The molecule has 2 heteroatoms. The topological polar surface area (TPSA) is 9.86 Å². The molecule has 0 fully saturated rings. The predicted octanol–water partition coefficient (Wildman–Crippen LogP) is 16.1. The Morgan fingerprint density at radius 1 is 0.320 bits per heavy atom. The van der Waals surface area contributed by atoms with Crippen LogP contribution in [0.4, 0.5) is 0 Å². The number of nitrogens with zero attached hydrogens (tertiary/aromatic N) is 2. The molecule has 0 amide bonds. The summed E-state index contributed by atoms with van der Waals surface area (Å²) in [5, 5.41) is 10.8. The molecule has 2 heterocycles. The van der Waals surface area contributed by atoms with Crippen molar-refractivity contribution >= 4 is 65.2 Å². The van der Waals surface area contributed by atoms with E-state index in [1.807, 2.05) is 83.1 Å². The van der Waals surface area contributed by atoms with E-state index in [9.17, 15) is 0 Å². The van der Waals surface area contributed by atoms with Crippen molar-refractivity contribution in [3.63, 3.8) is 0 Å². The van der Waals surface area contributed by atoms with E-state index in [0.717, 1.165) is 13.1 Å². The van der Waals surface area contributed by atoms with Gasteiger partial charge in [0.15, 0.2) is 0 Å². The summed E-state index contributed by atoms with van der Waals surface area (Å²) in [6, 6.07) is 43.6. The van der Waals surface area contributed by atoms with Crippen LogP contribution >= 0.6 is 0 Å². The number of fused-ring (bicyclic) bond motifs is 10. The number of para-hydroxylation sites is 2. The Kier molecular flexibility index (Phi) is 20.6. The first-order valence-corrected chi connectivity index (χ1v) is 19.6. The minimum Gasteiger partial charge on any atom is -0.341 e. The first-order chi connectivity index (χ1) is 24.8. The smallest absolute Gasteiger partial charge is 0.0570 e. The van der Waals surface area contributed by atoms with E-state index < -0.39 is 0 Å². The monoisotopic (exact) mass is 671 g/mol. The van der Waals surface area contributed by atoms with E-state index in [1.54, 1.807) is 0 Å². The summed E-state index contributed by atoms with van der Waals surface area (Å²) in [6.07, 6.45) is 0. The highest BCUT2D eigenvalue weighted by Crippen LogP contribution is 2.35. The van der Waals surface area contributed by atoms with Gasteiger partial charge in [-0.25, -0.2) is 0 Å². The molecule has 0 spiro atoms. The molecular weight excluding hydrogens is 605 g/mol. The lowest BCUT2D eigenvalue weighted by molar-refractivity contribution is 0.827. The molecule has 0 aliphatic rings. The highest BCUT2D eigenvalue weighted by atomic mass is 15.0. The second-order valence-corrected chi connectivity index (χ2v) is 9.89. The molecule has 0 N–H and O–H groups in total. The molecule has 268 valence electrons. The highest BCUT2D eigenvalue weighted by molar-refractivity contribution is 6.20. The van der Waals surface area contributed by atoms with Gasteiger partial charge in [-0.05, 0) is 48.2 Å². The summed E-state index contributed by atoms with van der Waals surface area (Å²) >= 11 is 0. The van der Waals surface area contributed by atoms with Gasteiger partial charge >= 0.3 is 0 Å². The lowest BCUT2D eigenvalue weighted by atomic mass is 10.0. The van der Waals surface area contributed by atoms with Crippen molar-refractivity contribution in [1.29, 1.82) is 0 Å². The average molecular weight is 671 g/mol. The van der Waals surface area contributed by atoms with Gasteiger partial charge in [0.25, 0.3) is 0 Å². The maximum absolute atomic E-state index is 2.42. The van der Waals surface area contributed by atoms with Gasteiger partial charge < -0.3 is 9.13 Å². The number of rotatable bonds is 2. The Labute approximate surface area is 304 Å². The van der Waals surface area contributed by atoms with Gasteiger partial charge in [-0.15, -0.1) is 0 Å². The number of hydrogen-bond donors (Lipinski definition) is 0. The normalized spacial score (nSPS) is 9.56. The van der Waals surface area contributed by atoms with E-state index >= 15 is 0 Å². The van der Waals surface area contributed by atoms with Crippen LogP contribution in [0.3, 0.4) is 0 Å². The van der Waals surface area contributed by atoms with Crippen LogP contribution in [-0.4, -0.2) is 9.13 Å². The van der Waals surface area contributed by atoms with E-state index in [-0.39, 0.29) is 0 Å². The highest BCUT2D eigenvalue weighted by Gasteiger charge is 2.12. The molecule has 50 heavy (non-hydrogen) atoms. The fourth-order valence-corrected chi connectivity index (χ4v) is 6.31. The van der Waals surface area contributed by atoms with Crippen molar-refractivity contribution in [1.82, 2.24) is 9.13 Å². The van der Waals surface area contributed by atoms with Gasteiger partial charge in [0, 0.05) is 56.6 Å². The maximum Gasteiger partial charge on any atom is 0.0570 e. The SMILES string of the molecule is CC.CC.CC.CC.CC.CC.CCn1c2ccccc2c2c3ccccc3ccc21.CCn1c2ccccc2c2ccc3ccccc3c21. The molecule has 0 bridgehead atoms. The molecule has 6 aromatic carbocycles. The molecule has 8 aromatic rings. The Morgan fingerprint density at radius 3 is 1.26 bits per heavy atom. The first-order valence-electron chi connectivity index (χ1n) is 19.6. The zero-order chi connectivity index (χ0) is 37.6. The largest absolute Gasteiger partial charge is 0.341 e. The van der Waals surface area contributed by atoms with Gasteiger partial charge in [-0.2, -0.15) is 0 Å². The summed E-state index contributed by atoms with van der Waals surface area (Å²) in [6.45, 7) is 30.4. The first kappa shape index (κ1) is 43.5. The predicted molar refractivity (Wildman–Crippen MR) is 233 cm³/mol. The number of hydrogen-bond acceptors (Lipinski definition) is 0. The van der Waals surface area contributed by atoms with Crippen molar-refractivity contribution in [3.8, 4) is 0 Å². The van der Waals surface area contributed by atoms with Crippen molar-refractivity contribution in [3.05, 3.63) is 121 Å². The second-order valence-electron chi connectivity index (χ2n) is 9.89. The number of aromatic nitrogens is 2. The van der Waals surface area contributed by atoms with Crippen LogP contribution < -0.4 is 0 Å². The van der Waals surface area contributed by atoms with Crippen LogP contribution in [0.15, 0.2) is 121 Å². The molecule has 0 radical (unpaired) electrons. The molecule has 0 aliphatic carbocycles. The molecule has 0 saturated carbocycles. The minimum absolute atomic E-state index is 0.998. The van der Waals surface area contributed by atoms with Crippen molar-refractivity contribution in [2.45, 2.75) is 110 Å². The standard InChI is InChI=1S/2C18H15N.6C2H6/c1-2-19-17-10-6-5-9-15(17)16-12-11-13-7-3-4-8-14(13)18(16)19;1-2-19-16-10-6-5-9-15(16)18-14-8-4-3-7-13(14)11-12-17(18)19;6*1-2/h2*3-12H,2H2,1H3;6*1-2H3. The van der Waals surface area contributed by atoms with Crippen LogP contribution in [0.25, 0.3) is 65.2 Å². The molecule has 0 aliphatic heterocycles.